The number of oxazole rings is 1. The first-order chi connectivity index (χ1) is 13.1. The Morgan fingerprint density at radius 1 is 1.22 bits per heavy atom. The average molecular weight is 391 g/mol. The summed E-state index contributed by atoms with van der Waals surface area (Å²) >= 11 is 6.04. The quantitative estimate of drug-likeness (QED) is 0.866. The summed E-state index contributed by atoms with van der Waals surface area (Å²) in [4.78, 5) is 21.5. The number of amides is 1. The number of nitrogens with two attached hydrogens (primary N) is 1. The maximum atomic E-state index is 12.7. The highest BCUT2D eigenvalue weighted by Crippen LogP contribution is 2.29. The third-order valence-electron chi connectivity index (χ3n) is 5.89. The molecule has 0 aliphatic carbocycles. The number of aromatic nitrogens is 1. The summed E-state index contributed by atoms with van der Waals surface area (Å²) in [7, 11) is 0. The van der Waals surface area contributed by atoms with Crippen LogP contribution in [0, 0.1) is 11.8 Å². The molecule has 2 aromatic rings. The first-order valence-electron chi connectivity index (χ1n) is 9.91. The number of fused-ring (bicyclic) bond motifs is 1. The zero-order valence-corrected chi connectivity index (χ0v) is 16.3. The van der Waals surface area contributed by atoms with Crippen molar-refractivity contribution in [3.63, 3.8) is 0 Å². The van der Waals surface area contributed by atoms with Gasteiger partial charge < -0.3 is 20.0 Å². The van der Waals surface area contributed by atoms with Crippen molar-refractivity contribution < 1.29 is 9.21 Å². The monoisotopic (exact) mass is 390 g/mol. The predicted molar refractivity (Wildman–Crippen MR) is 107 cm³/mol. The van der Waals surface area contributed by atoms with Gasteiger partial charge in [-0.05, 0) is 56.2 Å². The molecule has 7 heteroatoms. The number of piperidine rings is 2. The summed E-state index contributed by atoms with van der Waals surface area (Å²) in [6.07, 6.45) is 4.80. The van der Waals surface area contributed by atoms with E-state index >= 15 is 0 Å². The molecule has 2 saturated heterocycles. The molecular formula is C20H27ClN4O2. The van der Waals surface area contributed by atoms with Gasteiger partial charge in [0.1, 0.15) is 5.52 Å². The van der Waals surface area contributed by atoms with Gasteiger partial charge in [-0.15, -0.1) is 0 Å². The fourth-order valence-electron chi connectivity index (χ4n) is 4.22. The van der Waals surface area contributed by atoms with Crippen LogP contribution in [0.15, 0.2) is 22.6 Å². The van der Waals surface area contributed by atoms with Crippen molar-refractivity contribution in [2.24, 2.45) is 17.6 Å². The highest BCUT2D eigenvalue weighted by atomic mass is 35.5. The number of nitrogens with zero attached hydrogens (tertiary/aromatic N) is 3. The zero-order valence-electron chi connectivity index (χ0n) is 15.6. The molecule has 0 saturated carbocycles. The highest BCUT2D eigenvalue weighted by molar-refractivity contribution is 6.31. The van der Waals surface area contributed by atoms with Crippen molar-refractivity contribution in [2.75, 3.05) is 37.6 Å². The maximum absolute atomic E-state index is 12.7. The first kappa shape index (κ1) is 18.6. The Bertz CT molecular complexity index is 800. The van der Waals surface area contributed by atoms with Gasteiger partial charge in [-0.2, -0.15) is 4.98 Å². The number of hydrogen-bond donors (Lipinski definition) is 1. The van der Waals surface area contributed by atoms with E-state index in [0.717, 1.165) is 63.9 Å². The molecule has 6 nitrogen and oxygen atoms in total. The van der Waals surface area contributed by atoms with Crippen molar-refractivity contribution in [2.45, 2.75) is 32.1 Å². The van der Waals surface area contributed by atoms with Crippen molar-refractivity contribution in [3.8, 4) is 0 Å². The lowest BCUT2D eigenvalue weighted by Crippen LogP contribution is -2.43. The lowest BCUT2D eigenvalue weighted by Gasteiger charge is -2.35. The summed E-state index contributed by atoms with van der Waals surface area (Å²) < 4.78 is 5.91. The Morgan fingerprint density at radius 3 is 2.81 bits per heavy atom. The molecule has 1 aromatic heterocycles. The second kappa shape index (κ2) is 8.07. The van der Waals surface area contributed by atoms with Crippen molar-refractivity contribution in [1.82, 2.24) is 9.88 Å². The summed E-state index contributed by atoms with van der Waals surface area (Å²) in [5, 5.41) is 0.644. The second-order valence-electron chi connectivity index (χ2n) is 7.83. The molecule has 0 spiro atoms. The largest absolute Gasteiger partial charge is 0.423 e. The molecule has 1 atom stereocenters. The smallest absolute Gasteiger partial charge is 0.298 e. The molecule has 27 heavy (non-hydrogen) atoms. The predicted octanol–water partition coefficient (Wildman–Crippen LogP) is 3.29. The van der Waals surface area contributed by atoms with Crippen LogP contribution in [0.25, 0.3) is 11.1 Å². The Kier molecular flexibility index (Phi) is 5.55. The number of halogens is 1. The summed E-state index contributed by atoms with van der Waals surface area (Å²) in [5.41, 5.74) is 7.27. The summed E-state index contributed by atoms with van der Waals surface area (Å²) in [6.45, 7) is 4.15. The molecule has 3 heterocycles. The number of carbonyl (C=O) groups excluding carboxylic acids is 1. The van der Waals surface area contributed by atoms with Crippen molar-refractivity contribution in [1.29, 1.82) is 0 Å². The van der Waals surface area contributed by atoms with Crippen LogP contribution in [0.4, 0.5) is 6.01 Å². The number of hydrogen-bond acceptors (Lipinski definition) is 5. The van der Waals surface area contributed by atoms with E-state index < -0.39 is 0 Å². The molecule has 4 rings (SSSR count). The Hall–Kier alpha value is -1.79. The minimum atomic E-state index is 0.279. The van der Waals surface area contributed by atoms with Gasteiger partial charge in [0.25, 0.3) is 6.01 Å². The van der Waals surface area contributed by atoms with E-state index in [9.17, 15) is 4.79 Å². The van der Waals surface area contributed by atoms with Crippen LogP contribution in [-0.2, 0) is 4.79 Å². The molecule has 2 aliphatic heterocycles. The molecule has 1 amide bonds. The molecular weight excluding hydrogens is 364 g/mol. The number of carbonyl (C=O) groups is 1. The first-order valence-corrected chi connectivity index (χ1v) is 10.3. The number of benzene rings is 1. The molecule has 2 fully saturated rings. The van der Waals surface area contributed by atoms with Gasteiger partial charge in [0.05, 0.1) is 0 Å². The van der Waals surface area contributed by atoms with Crippen LogP contribution < -0.4 is 10.6 Å². The van der Waals surface area contributed by atoms with E-state index in [-0.39, 0.29) is 5.91 Å². The van der Waals surface area contributed by atoms with Crippen LogP contribution in [0.5, 0.6) is 0 Å². The Morgan fingerprint density at radius 2 is 2.04 bits per heavy atom. The van der Waals surface area contributed by atoms with Crippen LogP contribution in [-0.4, -0.2) is 48.5 Å². The molecule has 1 unspecified atom stereocenters. The molecule has 2 aliphatic rings. The lowest BCUT2D eigenvalue weighted by atomic mass is 9.93. The van der Waals surface area contributed by atoms with E-state index in [1.54, 1.807) is 6.07 Å². The van der Waals surface area contributed by atoms with Crippen LogP contribution in [0.1, 0.15) is 32.1 Å². The third-order valence-corrected chi connectivity index (χ3v) is 6.13. The standard InChI is InChI=1S/C20H27ClN4O2/c21-16-3-4-17-18(11-16)27-20(23-17)25-7-1-2-15(13-25)10-19(26)24-8-5-14(12-22)6-9-24/h3-4,11,14-15H,1-2,5-10,12-13,22H2. The SMILES string of the molecule is NCC1CCN(C(=O)CC2CCCN(c3nc4ccc(Cl)cc4o3)C2)CC1. The molecule has 146 valence electrons. The van der Waals surface area contributed by atoms with Gasteiger partial charge in [-0.3, -0.25) is 4.79 Å². The minimum Gasteiger partial charge on any atom is -0.423 e. The maximum Gasteiger partial charge on any atom is 0.298 e. The second-order valence-corrected chi connectivity index (χ2v) is 8.26. The van der Waals surface area contributed by atoms with Gasteiger partial charge in [0.2, 0.25) is 5.91 Å². The minimum absolute atomic E-state index is 0.279. The fraction of sp³-hybridized carbons (Fsp3) is 0.600. The number of rotatable bonds is 4. The van der Waals surface area contributed by atoms with E-state index in [1.807, 2.05) is 17.0 Å². The summed E-state index contributed by atoms with van der Waals surface area (Å²) in [5.74, 6) is 1.20. The highest BCUT2D eigenvalue weighted by Gasteiger charge is 2.28. The molecule has 0 radical (unpaired) electrons. The third kappa shape index (κ3) is 4.22. The van der Waals surface area contributed by atoms with Crippen LogP contribution in [0.3, 0.4) is 0 Å². The number of likely N-dealkylation sites (tertiary alicyclic amines) is 1. The summed E-state index contributed by atoms with van der Waals surface area (Å²) in [6, 6.07) is 6.12. The van der Waals surface area contributed by atoms with Gasteiger partial charge in [0.15, 0.2) is 5.58 Å². The van der Waals surface area contributed by atoms with E-state index in [0.29, 0.717) is 34.9 Å². The molecule has 2 N–H and O–H groups in total. The molecule has 1 aromatic carbocycles. The average Bonchev–Trinajstić information content (AvgIpc) is 3.11. The van der Waals surface area contributed by atoms with Crippen LogP contribution >= 0.6 is 11.6 Å². The van der Waals surface area contributed by atoms with E-state index in [4.69, 9.17) is 21.8 Å². The number of anilines is 1. The van der Waals surface area contributed by atoms with Crippen LogP contribution in [0.2, 0.25) is 5.02 Å². The Labute approximate surface area is 164 Å². The van der Waals surface area contributed by atoms with E-state index in [2.05, 4.69) is 9.88 Å². The van der Waals surface area contributed by atoms with Gasteiger partial charge in [-0.1, -0.05) is 11.6 Å². The normalized spacial score (nSPS) is 21.8. The Balaban J connectivity index is 1.37. The topological polar surface area (TPSA) is 75.6 Å². The van der Waals surface area contributed by atoms with Gasteiger partial charge >= 0.3 is 0 Å². The van der Waals surface area contributed by atoms with E-state index in [1.165, 1.54) is 0 Å². The zero-order chi connectivity index (χ0) is 18.8. The van der Waals surface area contributed by atoms with Gasteiger partial charge in [-0.25, -0.2) is 0 Å². The van der Waals surface area contributed by atoms with Gasteiger partial charge in [0, 0.05) is 43.7 Å². The molecule has 0 bridgehead atoms. The van der Waals surface area contributed by atoms with Crippen molar-refractivity contribution >= 4 is 34.6 Å². The van der Waals surface area contributed by atoms with Crippen molar-refractivity contribution in [3.05, 3.63) is 23.2 Å². The fourth-order valence-corrected chi connectivity index (χ4v) is 4.38. The lowest BCUT2D eigenvalue weighted by molar-refractivity contribution is -0.133.